The Bertz CT molecular complexity index is 896. The van der Waals surface area contributed by atoms with E-state index in [9.17, 15) is 14.7 Å². The first-order valence-corrected chi connectivity index (χ1v) is 7.96. The second-order valence-electron chi connectivity index (χ2n) is 4.75. The number of phenolic OH excluding ortho intramolecular Hbond substituents is 1. The molecule has 2 aromatic carbocycles. The number of hydrogen-bond donors (Lipinski definition) is 2. The van der Waals surface area contributed by atoms with E-state index in [2.05, 4.69) is 15.5 Å². The summed E-state index contributed by atoms with van der Waals surface area (Å²) in [6.45, 7) is 0. The molecule has 2 amide bonds. The Balaban J connectivity index is 1.90. The highest BCUT2D eigenvalue weighted by molar-refractivity contribution is 8.18. The summed E-state index contributed by atoms with van der Waals surface area (Å²) in [7, 11) is 0. The number of thioether (sulfide) groups is 1. The highest BCUT2D eigenvalue weighted by Crippen LogP contribution is 2.32. The van der Waals surface area contributed by atoms with Gasteiger partial charge in [0.15, 0.2) is 0 Å². The van der Waals surface area contributed by atoms with Crippen LogP contribution in [0.1, 0.15) is 5.56 Å². The molecule has 0 aliphatic carbocycles. The molecule has 120 valence electrons. The van der Waals surface area contributed by atoms with Gasteiger partial charge in [-0.2, -0.15) is 5.11 Å². The van der Waals surface area contributed by atoms with Crippen molar-refractivity contribution in [1.29, 1.82) is 0 Å². The third-order valence-electron chi connectivity index (χ3n) is 3.07. The molecule has 1 aliphatic heterocycles. The molecular weight excluding hydrogens is 350 g/mol. The van der Waals surface area contributed by atoms with Gasteiger partial charge in [-0.15, -0.1) is 5.11 Å². The summed E-state index contributed by atoms with van der Waals surface area (Å²) in [5.74, 6) is -0.528. The first-order valence-electron chi connectivity index (χ1n) is 6.77. The predicted molar refractivity (Wildman–Crippen MR) is 92.8 cm³/mol. The van der Waals surface area contributed by atoms with E-state index < -0.39 is 11.1 Å². The molecule has 1 saturated heterocycles. The van der Waals surface area contributed by atoms with Crippen LogP contribution in [0.3, 0.4) is 0 Å². The molecule has 2 aromatic rings. The first kappa shape index (κ1) is 16.2. The van der Waals surface area contributed by atoms with Crippen LogP contribution in [0.5, 0.6) is 5.75 Å². The summed E-state index contributed by atoms with van der Waals surface area (Å²) in [5, 5.41) is 20.2. The number of amides is 2. The van der Waals surface area contributed by atoms with Crippen molar-refractivity contribution in [2.45, 2.75) is 0 Å². The van der Waals surface area contributed by atoms with Gasteiger partial charge in [0, 0.05) is 5.56 Å². The van der Waals surface area contributed by atoms with Gasteiger partial charge in [-0.3, -0.25) is 14.9 Å². The summed E-state index contributed by atoms with van der Waals surface area (Å²) < 4.78 is 0. The molecule has 0 radical (unpaired) electrons. The van der Waals surface area contributed by atoms with Crippen LogP contribution in [-0.4, -0.2) is 16.3 Å². The van der Waals surface area contributed by atoms with E-state index in [4.69, 9.17) is 11.6 Å². The van der Waals surface area contributed by atoms with E-state index in [0.717, 1.165) is 11.8 Å². The number of hydrogen-bond acceptors (Lipinski definition) is 6. The third kappa shape index (κ3) is 3.64. The van der Waals surface area contributed by atoms with Gasteiger partial charge in [-0.05, 0) is 48.2 Å². The highest BCUT2D eigenvalue weighted by atomic mass is 35.5. The predicted octanol–water partition coefficient (Wildman–Crippen LogP) is 4.78. The van der Waals surface area contributed by atoms with Crippen molar-refractivity contribution < 1.29 is 14.7 Å². The Kier molecular flexibility index (Phi) is 4.64. The molecule has 8 heteroatoms. The average molecular weight is 360 g/mol. The molecular formula is C16H10ClN3O3S. The van der Waals surface area contributed by atoms with Gasteiger partial charge in [0.2, 0.25) is 0 Å². The number of carbonyl (C=O) groups excluding carboxylic acids is 2. The molecule has 1 aliphatic rings. The zero-order chi connectivity index (χ0) is 17.1. The van der Waals surface area contributed by atoms with Gasteiger partial charge in [0.25, 0.3) is 11.1 Å². The maximum atomic E-state index is 11.6. The number of rotatable bonds is 3. The molecule has 0 bridgehead atoms. The number of imide groups is 1. The second kappa shape index (κ2) is 6.86. The van der Waals surface area contributed by atoms with Gasteiger partial charge >= 0.3 is 0 Å². The number of nitrogens with one attached hydrogen (secondary N) is 1. The monoisotopic (exact) mass is 359 g/mol. The van der Waals surface area contributed by atoms with Gasteiger partial charge < -0.3 is 5.11 Å². The normalized spacial score (nSPS) is 16.1. The van der Waals surface area contributed by atoms with Crippen LogP contribution in [-0.2, 0) is 4.79 Å². The molecule has 1 heterocycles. The molecule has 3 rings (SSSR count). The summed E-state index contributed by atoms with van der Waals surface area (Å²) in [4.78, 5) is 23.0. The first-order chi connectivity index (χ1) is 11.5. The fourth-order valence-corrected chi connectivity index (χ4v) is 2.77. The van der Waals surface area contributed by atoms with E-state index >= 15 is 0 Å². The second-order valence-corrected chi connectivity index (χ2v) is 6.17. The number of aromatic hydroxyl groups is 1. The Labute approximate surface area is 146 Å². The van der Waals surface area contributed by atoms with Crippen molar-refractivity contribution in [3.8, 4) is 5.75 Å². The number of nitrogens with zero attached hydrogens (tertiary/aromatic N) is 2. The van der Waals surface area contributed by atoms with Crippen LogP contribution in [0.15, 0.2) is 57.6 Å². The lowest BCUT2D eigenvalue weighted by Gasteiger charge is -2.01. The molecule has 0 aromatic heterocycles. The summed E-state index contributed by atoms with van der Waals surface area (Å²) >= 11 is 6.78. The lowest BCUT2D eigenvalue weighted by atomic mass is 10.1. The van der Waals surface area contributed by atoms with Crippen molar-refractivity contribution in [3.05, 3.63) is 58.0 Å². The Hall–Kier alpha value is -2.64. The minimum Gasteiger partial charge on any atom is -0.507 e. The largest absolute Gasteiger partial charge is 0.507 e. The molecule has 24 heavy (non-hydrogen) atoms. The molecule has 2 N–H and O–H groups in total. The highest BCUT2D eigenvalue weighted by Gasteiger charge is 2.25. The topological polar surface area (TPSA) is 91.1 Å². The maximum absolute atomic E-state index is 11.6. The average Bonchev–Trinajstić information content (AvgIpc) is 2.87. The van der Waals surface area contributed by atoms with Gasteiger partial charge in [0.05, 0.1) is 15.6 Å². The number of phenols is 1. The summed E-state index contributed by atoms with van der Waals surface area (Å²) in [6, 6.07) is 11.6. The lowest BCUT2D eigenvalue weighted by molar-refractivity contribution is -0.115. The Morgan fingerprint density at radius 1 is 1.12 bits per heavy atom. The molecule has 1 fully saturated rings. The number of carbonyl (C=O) groups is 2. The van der Waals surface area contributed by atoms with Crippen molar-refractivity contribution in [3.63, 3.8) is 0 Å². The van der Waals surface area contributed by atoms with Crippen molar-refractivity contribution in [2.75, 3.05) is 0 Å². The smallest absolute Gasteiger partial charge is 0.290 e. The van der Waals surface area contributed by atoms with Crippen LogP contribution in [0.4, 0.5) is 16.2 Å². The van der Waals surface area contributed by atoms with E-state index in [-0.39, 0.29) is 10.7 Å². The zero-order valence-electron chi connectivity index (χ0n) is 12.1. The van der Waals surface area contributed by atoms with Crippen LogP contribution in [0.2, 0.25) is 5.02 Å². The fourth-order valence-electron chi connectivity index (χ4n) is 1.93. The SMILES string of the molecule is O=C1NC(=O)/C(=C/c2cc(N=Nc3ccccc3Cl)ccc2O)S1. The molecule has 0 spiro atoms. The Morgan fingerprint density at radius 3 is 2.62 bits per heavy atom. The van der Waals surface area contributed by atoms with Crippen molar-refractivity contribution >= 4 is 52.0 Å². The van der Waals surface area contributed by atoms with Crippen LogP contribution < -0.4 is 5.32 Å². The molecule has 0 unspecified atom stereocenters. The van der Waals surface area contributed by atoms with E-state index in [1.807, 2.05) is 0 Å². The quantitative estimate of drug-likeness (QED) is 0.609. The van der Waals surface area contributed by atoms with Crippen LogP contribution >= 0.6 is 23.4 Å². The van der Waals surface area contributed by atoms with Gasteiger partial charge in [-0.25, -0.2) is 0 Å². The molecule has 6 nitrogen and oxygen atoms in total. The van der Waals surface area contributed by atoms with E-state index in [1.165, 1.54) is 12.1 Å². The number of halogens is 1. The van der Waals surface area contributed by atoms with Crippen molar-refractivity contribution in [2.24, 2.45) is 10.2 Å². The minimum absolute atomic E-state index is 0.0352. The number of benzene rings is 2. The zero-order valence-corrected chi connectivity index (χ0v) is 13.6. The minimum atomic E-state index is -0.493. The maximum Gasteiger partial charge on any atom is 0.290 e. The van der Waals surface area contributed by atoms with Gasteiger partial charge in [-0.1, -0.05) is 23.7 Å². The van der Waals surface area contributed by atoms with Crippen molar-refractivity contribution in [1.82, 2.24) is 5.32 Å². The van der Waals surface area contributed by atoms with Gasteiger partial charge in [0.1, 0.15) is 11.4 Å². The number of azo groups is 1. The van der Waals surface area contributed by atoms with E-state index in [1.54, 1.807) is 36.4 Å². The van der Waals surface area contributed by atoms with Crippen LogP contribution in [0, 0.1) is 0 Å². The molecule has 0 saturated carbocycles. The standard InChI is InChI=1S/C16H10ClN3O3S/c17-11-3-1-2-4-12(11)20-19-10-5-6-13(21)9(7-10)8-14-15(22)18-16(23)24-14/h1-8,21H,(H,18,22,23)/b14-8-,20-19?. The van der Waals surface area contributed by atoms with E-state index in [0.29, 0.717) is 22.0 Å². The lowest BCUT2D eigenvalue weighted by Crippen LogP contribution is -2.17. The third-order valence-corrected chi connectivity index (χ3v) is 4.20. The molecule has 0 atom stereocenters. The van der Waals surface area contributed by atoms with Crippen LogP contribution in [0.25, 0.3) is 6.08 Å². The summed E-state index contributed by atoms with van der Waals surface area (Å²) in [5.41, 5.74) is 1.34. The fraction of sp³-hybridized carbons (Fsp3) is 0. The Morgan fingerprint density at radius 2 is 1.92 bits per heavy atom. The summed E-state index contributed by atoms with van der Waals surface area (Å²) in [6.07, 6.45) is 1.43.